The van der Waals surface area contributed by atoms with Gasteiger partial charge in [-0.3, -0.25) is 5.10 Å². The molecule has 0 bridgehead atoms. The van der Waals surface area contributed by atoms with Crippen LogP contribution in [0, 0.1) is 0 Å². The van der Waals surface area contributed by atoms with E-state index in [1.54, 1.807) is 7.11 Å². The van der Waals surface area contributed by atoms with Gasteiger partial charge >= 0.3 is 0 Å². The molecule has 1 fully saturated rings. The van der Waals surface area contributed by atoms with Crippen molar-refractivity contribution in [3.8, 4) is 28.7 Å². The normalized spacial score (nSPS) is 16.1. The Morgan fingerprint density at radius 1 is 1.19 bits per heavy atom. The van der Waals surface area contributed by atoms with Crippen LogP contribution in [0.15, 0.2) is 30.5 Å². The molecule has 8 nitrogen and oxygen atoms in total. The number of aromatic nitrogens is 6. The molecule has 1 aliphatic heterocycles. The lowest BCUT2D eigenvalue weighted by Crippen LogP contribution is -2.34. The minimum atomic E-state index is 0.406. The first-order chi connectivity index (χ1) is 12.8. The predicted molar refractivity (Wildman–Crippen MR) is 97.8 cm³/mol. The Hall–Kier alpha value is -2.74. The average molecular weight is 353 g/mol. The van der Waals surface area contributed by atoms with E-state index < -0.39 is 0 Å². The van der Waals surface area contributed by atoms with Crippen molar-refractivity contribution in [2.75, 3.05) is 26.7 Å². The Morgan fingerprint density at radius 3 is 2.65 bits per heavy atom. The fourth-order valence-corrected chi connectivity index (χ4v) is 3.31. The highest BCUT2D eigenvalue weighted by Gasteiger charge is 2.21. The van der Waals surface area contributed by atoms with Gasteiger partial charge in [0.2, 0.25) is 0 Å². The molecule has 0 unspecified atom stereocenters. The minimum absolute atomic E-state index is 0.406. The van der Waals surface area contributed by atoms with Crippen molar-refractivity contribution >= 4 is 0 Å². The number of likely N-dealkylation sites (tertiary alicyclic amines) is 1. The van der Waals surface area contributed by atoms with Gasteiger partial charge in [-0.1, -0.05) is 12.1 Å². The van der Waals surface area contributed by atoms with Gasteiger partial charge in [0.05, 0.1) is 19.3 Å². The van der Waals surface area contributed by atoms with Crippen LogP contribution in [-0.2, 0) is 0 Å². The van der Waals surface area contributed by atoms with Crippen LogP contribution in [0.2, 0.25) is 0 Å². The first-order valence-electron chi connectivity index (χ1n) is 8.98. The van der Waals surface area contributed by atoms with Gasteiger partial charge in [-0.25, -0.2) is 9.67 Å². The predicted octanol–water partition coefficient (Wildman–Crippen LogP) is 2.40. The molecule has 2 aromatic heterocycles. The van der Waals surface area contributed by atoms with E-state index in [0.29, 0.717) is 17.7 Å². The van der Waals surface area contributed by atoms with Crippen LogP contribution in [-0.4, -0.2) is 61.8 Å². The van der Waals surface area contributed by atoms with Crippen molar-refractivity contribution in [3.05, 3.63) is 30.5 Å². The summed E-state index contributed by atoms with van der Waals surface area (Å²) in [7, 11) is 1.65. The van der Waals surface area contributed by atoms with Gasteiger partial charge in [-0.05, 0) is 43.7 Å². The number of piperidine rings is 1. The lowest BCUT2D eigenvalue weighted by Gasteiger charge is -2.30. The summed E-state index contributed by atoms with van der Waals surface area (Å²) in [6.07, 6.45) is 4.17. The number of rotatable bonds is 5. The van der Waals surface area contributed by atoms with Gasteiger partial charge in [0.25, 0.3) is 0 Å². The zero-order valence-electron chi connectivity index (χ0n) is 15.1. The highest BCUT2D eigenvalue weighted by molar-refractivity contribution is 5.59. The van der Waals surface area contributed by atoms with Crippen LogP contribution < -0.4 is 4.74 Å². The summed E-state index contributed by atoms with van der Waals surface area (Å²) in [5.74, 6) is 2.07. The van der Waals surface area contributed by atoms with Crippen LogP contribution >= 0.6 is 0 Å². The van der Waals surface area contributed by atoms with E-state index in [2.05, 4.69) is 37.3 Å². The molecule has 1 aliphatic rings. The second-order valence-electron chi connectivity index (χ2n) is 6.49. The van der Waals surface area contributed by atoms with E-state index in [1.807, 2.05) is 35.1 Å². The molecule has 8 heteroatoms. The standard InChI is InChI=1S/C18H23N7O/c1-3-24-10-8-14(9-11-24)25-12-16(20-23-25)18-19-17(21-22-18)13-4-6-15(26-2)7-5-13/h4-7,12,14H,3,8-11H2,1-2H3,(H,19,21,22). The topological polar surface area (TPSA) is 84.8 Å². The van der Waals surface area contributed by atoms with Gasteiger partial charge in [0.1, 0.15) is 11.4 Å². The summed E-state index contributed by atoms with van der Waals surface area (Å²) in [5.41, 5.74) is 1.64. The zero-order chi connectivity index (χ0) is 17.9. The van der Waals surface area contributed by atoms with E-state index >= 15 is 0 Å². The van der Waals surface area contributed by atoms with Crippen LogP contribution in [0.25, 0.3) is 22.9 Å². The monoisotopic (exact) mass is 353 g/mol. The third-order valence-electron chi connectivity index (χ3n) is 4.96. The first kappa shape index (κ1) is 16.7. The summed E-state index contributed by atoms with van der Waals surface area (Å²) in [4.78, 5) is 7.02. The summed E-state index contributed by atoms with van der Waals surface area (Å²) < 4.78 is 7.15. The van der Waals surface area contributed by atoms with E-state index in [9.17, 15) is 0 Å². The quantitative estimate of drug-likeness (QED) is 0.758. The minimum Gasteiger partial charge on any atom is -0.497 e. The summed E-state index contributed by atoms with van der Waals surface area (Å²) in [5, 5.41) is 15.9. The average Bonchev–Trinajstić information content (AvgIpc) is 3.38. The molecule has 3 heterocycles. The zero-order valence-corrected chi connectivity index (χ0v) is 15.1. The molecule has 0 spiro atoms. The molecule has 0 atom stereocenters. The number of nitrogens with one attached hydrogen (secondary N) is 1. The maximum Gasteiger partial charge on any atom is 0.181 e. The largest absolute Gasteiger partial charge is 0.497 e. The Labute approximate surface area is 152 Å². The van der Waals surface area contributed by atoms with E-state index in [-0.39, 0.29) is 0 Å². The van der Waals surface area contributed by atoms with Gasteiger partial charge in [-0.2, -0.15) is 5.10 Å². The number of ether oxygens (including phenoxy) is 1. The molecule has 0 radical (unpaired) electrons. The highest BCUT2D eigenvalue weighted by atomic mass is 16.5. The van der Waals surface area contributed by atoms with Crippen LogP contribution in [0.3, 0.4) is 0 Å². The van der Waals surface area contributed by atoms with Crippen molar-refractivity contribution in [2.45, 2.75) is 25.8 Å². The molecule has 1 aromatic carbocycles. The molecule has 1 N–H and O–H groups in total. The SMILES string of the molecule is CCN1CCC(n2cc(-c3nc(-c4ccc(OC)cc4)n[nH]3)nn2)CC1. The second-order valence-corrected chi connectivity index (χ2v) is 6.49. The molecule has 3 aromatic rings. The molecular formula is C18H23N7O. The first-order valence-corrected chi connectivity index (χ1v) is 8.98. The number of nitrogens with zero attached hydrogens (tertiary/aromatic N) is 6. The van der Waals surface area contributed by atoms with Crippen molar-refractivity contribution in [3.63, 3.8) is 0 Å². The Balaban J connectivity index is 1.49. The lowest BCUT2D eigenvalue weighted by molar-refractivity contribution is 0.186. The molecule has 0 amide bonds. The highest BCUT2D eigenvalue weighted by Crippen LogP contribution is 2.24. The van der Waals surface area contributed by atoms with E-state index in [1.165, 1.54) is 0 Å². The van der Waals surface area contributed by atoms with Crippen LogP contribution in [0.1, 0.15) is 25.8 Å². The number of benzene rings is 1. The fourth-order valence-electron chi connectivity index (χ4n) is 3.31. The third-order valence-corrected chi connectivity index (χ3v) is 4.96. The summed E-state index contributed by atoms with van der Waals surface area (Å²) in [6, 6.07) is 8.06. The molecule has 0 saturated carbocycles. The van der Waals surface area contributed by atoms with Crippen molar-refractivity contribution < 1.29 is 4.74 Å². The number of hydrogen-bond donors (Lipinski definition) is 1. The van der Waals surface area contributed by atoms with Crippen molar-refractivity contribution in [2.24, 2.45) is 0 Å². The number of H-pyrrole nitrogens is 1. The van der Waals surface area contributed by atoms with Crippen molar-refractivity contribution in [1.29, 1.82) is 0 Å². The number of aromatic amines is 1. The Bertz CT molecular complexity index is 847. The second kappa shape index (κ2) is 7.25. The summed E-state index contributed by atoms with van der Waals surface area (Å²) >= 11 is 0. The van der Waals surface area contributed by atoms with Gasteiger partial charge in [-0.15, -0.1) is 5.10 Å². The number of hydrogen-bond acceptors (Lipinski definition) is 6. The number of methoxy groups -OCH3 is 1. The van der Waals surface area contributed by atoms with E-state index in [4.69, 9.17) is 4.74 Å². The van der Waals surface area contributed by atoms with Crippen LogP contribution in [0.5, 0.6) is 5.75 Å². The molecule has 0 aliphatic carbocycles. The fraction of sp³-hybridized carbons (Fsp3) is 0.444. The smallest absolute Gasteiger partial charge is 0.181 e. The molecule has 1 saturated heterocycles. The molecular weight excluding hydrogens is 330 g/mol. The van der Waals surface area contributed by atoms with Crippen LogP contribution in [0.4, 0.5) is 0 Å². The molecule has 4 rings (SSSR count). The van der Waals surface area contributed by atoms with Gasteiger partial charge < -0.3 is 9.64 Å². The summed E-state index contributed by atoms with van der Waals surface area (Å²) in [6.45, 7) is 5.54. The third kappa shape index (κ3) is 3.32. The molecule has 136 valence electrons. The molecule has 26 heavy (non-hydrogen) atoms. The van der Waals surface area contributed by atoms with E-state index in [0.717, 1.165) is 49.5 Å². The van der Waals surface area contributed by atoms with Gasteiger partial charge in [0, 0.05) is 18.7 Å². The van der Waals surface area contributed by atoms with Crippen molar-refractivity contribution in [1.82, 2.24) is 35.1 Å². The van der Waals surface area contributed by atoms with Gasteiger partial charge in [0.15, 0.2) is 11.6 Å². The Kier molecular flexibility index (Phi) is 4.66. The maximum absolute atomic E-state index is 5.18. The lowest BCUT2D eigenvalue weighted by atomic mass is 10.1. The Morgan fingerprint density at radius 2 is 1.96 bits per heavy atom. The maximum atomic E-state index is 5.18.